The first kappa shape index (κ1) is 17.3. The summed E-state index contributed by atoms with van der Waals surface area (Å²) >= 11 is 0. The molecule has 5 heteroatoms. The zero-order chi connectivity index (χ0) is 15.7. The van der Waals surface area contributed by atoms with Gasteiger partial charge < -0.3 is 20.4 Å². The molecule has 0 aliphatic carbocycles. The molecule has 1 aromatic carbocycles. The van der Waals surface area contributed by atoms with Gasteiger partial charge >= 0.3 is 6.03 Å². The van der Waals surface area contributed by atoms with Gasteiger partial charge in [-0.2, -0.15) is 0 Å². The molecule has 0 radical (unpaired) electrons. The van der Waals surface area contributed by atoms with Crippen LogP contribution in [0.15, 0.2) is 24.3 Å². The lowest BCUT2D eigenvalue weighted by molar-refractivity contribution is 0.217. The largest absolute Gasteiger partial charge is 0.372 e. The van der Waals surface area contributed by atoms with Crippen LogP contribution in [0.4, 0.5) is 10.5 Å². The van der Waals surface area contributed by atoms with Crippen molar-refractivity contribution in [2.75, 3.05) is 45.2 Å². The van der Waals surface area contributed by atoms with Gasteiger partial charge in [-0.05, 0) is 31.5 Å². The van der Waals surface area contributed by atoms with E-state index in [2.05, 4.69) is 53.6 Å². The number of carbonyl (C=O) groups excluding carboxylic acids is 1. The van der Waals surface area contributed by atoms with Crippen LogP contribution in [0.5, 0.6) is 0 Å². The van der Waals surface area contributed by atoms with Gasteiger partial charge in [0.25, 0.3) is 0 Å². The average Bonchev–Trinajstić information content (AvgIpc) is 2.49. The molecule has 0 saturated carbocycles. The smallest absolute Gasteiger partial charge is 0.316 e. The molecule has 118 valence electrons. The van der Waals surface area contributed by atoms with Gasteiger partial charge in [0.2, 0.25) is 0 Å². The lowest BCUT2D eigenvalue weighted by atomic mass is 10.2. The lowest BCUT2D eigenvalue weighted by Gasteiger charge is -2.21. The first-order chi connectivity index (χ1) is 10.1. The fourth-order valence-electron chi connectivity index (χ4n) is 2.06. The highest BCUT2D eigenvalue weighted by atomic mass is 16.2. The van der Waals surface area contributed by atoms with Crippen LogP contribution >= 0.6 is 0 Å². The lowest BCUT2D eigenvalue weighted by Crippen LogP contribution is -2.38. The molecule has 2 amide bonds. The van der Waals surface area contributed by atoms with Crippen molar-refractivity contribution >= 4 is 11.7 Å². The molecular weight excluding hydrogens is 264 g/mol. The quantitative estimate of drug-likeness (QED) is 0.719. The van der Waals surface area contributed by atoms with Gasteiger partial charge in [-0.3, -0.25) is 0 Å². The van der Waals surface area contributed by atoms with E-state index in [1.165, 1.54) is 16.2 Å². The number of amides is 2. The molecule has 0 aliphatic rings. The molecule has 5 nitrogen and oxygen atoms in total. The zero-order valence-corrected chi connectivity index (χ0v) is 13.6. The molecule has 1 rings (SSSR count). The van der Waals surface area contributed by atoms with E-state index in [9.17, 15) is 4.79 Å². The molecule has 1 aromatic rings. The molecular formula is C16H28N4O. The summed E-state index contributed by atoms with van der Waals surface area (Å²) in [6.45, 7) is 8.60. The summed E-state index contributed by atoms with van der Waals surface area (Å²) in [5.41, 5.74) is 2.52. The fourth-order valence-corrected chi connectivity index (χ4v) is 2.06. The van der Waals surface area contributed by atoms with Gasteiger partial charge in [0.05, 0.1) is 0 Å². The Morgan fingerprint density at radius 2 is 1.67 bits per heavy atom. The summed E-state index contributed by atoms with van der Waals surface area (Å²) in [5, 5.41) is 6.15. The van der Waals surface area contributed by atoms with E-state index in [0.29, 0.717) is 6.54 Å². The summed E-state index contributed by atoms with van der Waals surface area (Å²) < 4.78 is 0. The molecule has 0 aliphatic heterocycles. The second-order valence-electron chi connectivity index (χ2n) is 5.14. The number of nitrogens with zero attached hydrogens (tertiary/aromatic N) is 2. The average molecular weight is 292 g/mol. The summed E-state index contributed by atoms with van der Waals surface area (Å²) in [7, 11) is 3.47. The van der Waals surface area contributed by atoms with Gasteiger partial charge in [-0.1, -0.05) is 12.1 Å². The standard InChI is InChI=1S/C16H28N4O/c1-5-20(6-2)15-9-7-14(8-10-15)13-17-11-12-18-16(21)19(3)4/h7-10,17H,5-6,11-13H2,1-4H3,(H,18,21). The van der Waals surface area contributed by atoms with Gasteiger partial charge in [-0.25, -0.2) is 4.79 Å². The highest BCUT2D eigenvalue weighted by Crippen LogP contribution is 2.14. The number of benzene rings is 1. The molecule has 0 unspecified atom stereocenters. The highest BCUT2D eigenvalue weighted by Gasteiger charge is 2.02. The maximum Gasteiger partial charge on any atom is 0.316 e. The van der Waals surface area contributed by atoms with Crippen molar-refractivity contribution < 1.29 is 4.79 Å². The number of hydrogen-bond acceptors (Lipinski definition) is 3. The van der Waals surface area contributed by atoms with Gasteiger partial charge in [0.1, 0.15) is 0 Å². The Morgan fingerprint density at radius 3 is 2.19 bits per heavy atom. The van der Waals surface area contributed by atoms with E-state index >= 15 is 0 Å². The third kappa shape index (κ3) is 6.04. The summed E-state index contributed by atoms with van der Waals surface area (Å²) in [4.78, 5) is 15.2. The summed E-state index contributed by atoms with van der Waals surface area (Å²) in [6.07, 6.45) is 0. The predicted octanol–water partition coefficient (Wildman–Crippen LogP) is 1.89. The summed E-state index contributed by atoms with van der Waals surface area (Å²) in [6, 6.07) is 8.58. The fraction of sp³-hybridized carbons (Fsp3) is 0.562. The Hall–Kier alpha value is -1.75. The topological polar surface area (TPSA) is 47.6 Å². The van der Waals surface area contributed by atoms with Crippen LogP contribution in [0.3, 0.4) is 0 Å². The number of hydrogen-bond donors (Lipinski definition) is 2. The Bertz CT molecular complexity index is 413. The third-order valence-electron chi connectivity index (χ3n) is 3.38. The van der Waals surface area contributed by atoms with Gasteiger partial charge in [0.15, 0.2) is 0 Å². The molecule has 2 N–H and O–H groups in total. The van der Waals surface area contributed by atoms with Crippen molar-refractivity contribution in [3.05, 3.63) is 29.8 Å². The van der Waals surface area contributed by atoms with Crippen molar-refractivity contribution in [2.24, 2.45) is 0 Å². The van der Waals surface area contributed by atoms with E-state index in [4.69, 9.17) is 0 Å². The number of anilines is 1. The molecule has 0 saturated heterocycles. The molecule has 21 heavy (non-hydrogen) atoms. The van der Waals surface area contributed by atoms with Crippen LogP contribution in [0.1, 0.15) is 19.4 Å². The number of nitrogens with one attached hydrogen (secondary N) is 2. The number of rotatable bonds is 8. The van der Waals surface area contributed by atoms with Crippen molar-refractivity contribution in [1.29, 1.82) is 0 Å². The van der Waals surface area contributed by atoms with Crippen LogP contribution in [-0.4, -0.2) is 51.2 Å². The summed E-state index contributed by atoms with van der Waals surface area (Å²) in [5.74, 6) is 0. The first-order valence-corrected chi connectivity index (χ1v) is 7.58. The van der Waals surface area contributed by atoms with Gasteiger partial charge in [-0.15, -0.1) is 0 Å². The molecule has 0 fully saturated rings. The molecule has 0 atom stereocenters. The predicted molar refractivity (Wildman–Crippen MR) is 88.8 cm³/mol. The highest BCUT2D eigenvalue weighted by molar-refractivity contribution is 5.73. The zero-order valence-electron chi connectivity index (χ0n) is 13.6. The van der Waals surface area contributed by atoms with Crippen molar-refractivity contribution in [3.63, 3.8) is 0 Å². The van der Waals surface area contributed by atoms with Crippen molar-refractivity contribution in [2.45, 2.75) is 20.4 Å². The second kappa shape index (κ2) is 9.23. The van der Waals surface area contributed by atoms with Crippen LogP contribution in [0.2, 0.25) is 0 Å². The molecule has 0 aromatic heterocycles. The molecule has 0 bridgehead atoms. The minimum absolute atomic E-state index is 0.0552. The first-order valence-electron chi connectivity index (χ1n) is 7.58. The maximum absolute atomic E-state index is 11.3. The van der Waals surface area contributed by atoms with E-state index < -0.39 is 0 Å². The van der Waals surface area contributed by atoms with Crippen LogP contribution in [0, 0.1) is 0 Å². The van der Waals surface area contributed by atoms with E-state index in [1.807, 2.05) is 0 Å². The third-order valence-corrected chi connectivity index (χ3v) is 3.38. The SMILES string of the molecule is CCN(CC)c1ccc(CNCCNC(=O)N(C)C)cc1. The Balaban J connectivity index is 2.28. The van der Waals surface area contributed by atoms with E-state index in [0.717, 1.165) is 26.2 Å². The molecule has 0 spiro atoms. The van der Waals surface area contributed by atoms with E-state index in [1.54, 1.807) is 14.1 Å². The normalized spacial score (nSPS) is 10.3. The number of urea groups is 1. The number of carbonyl (C=O) groups is 1. The Morgan fingerprint density at radius 1 is 1.05 bits per heavy atom. The second-order valence-corrected chi connectivity index (χ2v) is 5.14. The molecule has 0 heterocycles. The van der Waals surface area contributed by atoms with Crippen LogP contribution in [0.25, 0.3) is 0 Å². The van der Waals surface area contributed by atoms with Crippen LogP contribution in [-0.2, 0) is 6.54 Å². The monoisotopic (exact) mass is 292 g/mol. The Labute approximate surface area is 128 Å². The van der Waals surface area contributed by atoms with Gasteiger partial charge in [0, 0.05) is 52.5 Å². The van der Waals surface area contributed by atoms with Crippen LogP contribution < -0.4 is 15.5 Å². The maximum atomic E-state index is 11.3. The van der Waals surface area contributed by atoms with E-state index in [-0.39, 0.29) is 6.03 Å². The van der Waals surface area contributed by atoms with Crippen molar-refractivity contribution in [1.82, 2.24) is 15.5 Å². The minimum atomic E-state index is -0.0552. The minimum Gasteiger partial charge on any atom is -0.372 e. The van der Waals surface area contributed by atoms with Crippen molar-refractivity contribution in [3.8, 4) is 0 Å². The Kier molecular flexibility index (Phi) is 7.61.